The quantitative estimate of drug-likeness (QED) is 0.355. The predicted octanol–water partition coefficient (Wildman–Crippen LogP) is 5.63. The summed E-state index contributed by atoms with van der Waals surface area (Å²) in [4.78, 5) is 27.3. The molecule has 176 valence electrons. The first kappa shape index (κ1) is 23.4. The van der Waals surface area contributed by atoms with E-state index in [1.165, 1.54) is 15.6 Å². The molecule has 2 aromatic carbocycles. The summed E-state index contributed by atoms with van der Waals surface area (Å²) >= 11 is 12.6. The van der Waals surface area contributed by atoms with Crippen LogP contribution in [0, 0.1) is 0 Å². The van der Waals surface area contributed by atoms with E-state index in [1.54, 1.807) is 24.3 Å². The van der Waals surface area contributed by atoms with Gasteiger partial charge in [0, 0.05) is 24.3 Å². The third kappa shape index (κ3) is 4.15. The van der Waals surface area contributed by atoms with Crippen LogP contribution < -0.4 is 4.74 Å². The van der Waals surface area contributed by atoms with Crippen LogP contribution in [0.5, 0.6) is 5.75 Å². The van der Waals surface area contributed by atoms with Gasteiger partial charge >= 0.3 is 0 Å². The van der Waals surface area contributed by atoms with Crippen LogP contribution in [0.1, 0.15) is 41.9 Å². The molecule has 1 aromatic heterocycles. The lowest BCUT2D eigenvalue weighted by molar-refractivity contribution is -0.142. The molecule has 2 fully saturated rings. The van der Waals surface area contributed by atoms with E-state index >= 15 is 0 Å². The Bertz CT molecular complexity index is 1200. The number of nitrogens with zero attached hydrogens (tertiary/aromatic N) is 1. The summed E-state index contributed by atoms with van der Waals surface area (Å²) in [5.41, 5.74) is 1.08. The number of hydrogen-bond acceptors (Lipinski definition) is 6. The maximum atomic E-state index is 13.7. The Morgan fingerprint density at radius 2 is 1.85 bits per heavy atom. The summed E-state index contributed by atoms with van der Waals surface area (Å²) in [6, 6.07) is 16.6. The third-order valence-corrected chi connectivity index (χ3v) is 8.13. The monoisotopic (exact) mass is 513 g/mol. The standard InChI is InChI=1S/C26H24ClNO4S2/c27-22-7-2-1-6-21(22)24-23(29)15-26(28(33)25(24)30,18-10-13-34-16-18)17-4-3-5-20(14-17)32-19-8-11-31-12-9-19/h1-7,10,13-14,16,19,24,33H,8-9,11-12,15H2. The van der Waals surface area contributed by atoms with Gasteiger partial charge in [0.05, 0.1) is 13.2 Å². The second-order valence-electron chi connectivity index (χ2n) is 8.58. The Labute approximate surface area is 213 Å². The summed E-state index contributed by atoms with van der Waals surface area (Å²) in [6.45, 7) is 1.36. The zero-order valence-electron chi connectivity index (χ0n) is 18.4. The number of hydrogen-bond donors (Lipinski definition) is 1. The van der Waals surface area contributed by atoms with Gasteiger partial charge < -0.3 is 9.47 Å². The first-order valence-corrected chi connectivity index (χ1v) is 12.9. The Kier molecular flexibility index (Phi) is 6.71. The van der Waals surface area contributed by atoms with Crippen molar-refractivity contribution in [2.24, 2.45) is 0 Å². The normalized spacial score (nSPS) is 23.8. The van der Waals surface area contributed by atoms with E-state index < -0.39 is 17.4 Å². The van der Waals surface area contributed by atoms with Crippen molar-refractivity contribution in [3.8, 4) is 5.75 Å². The number of piperidine rings is 1. The molecular formula is C26H24ClNO4S2. The Morgan fingerprint density at radius 1 is 1.06 bits per heavy atom. The number of carbonyl (C=O) groups excluding carboxylic acids is 2. The molecule has 2 aliphatic heterocycles. The molecule has 2 saturated heterocycles. The minimum Gasteiger partial charge on any atom is -0.490 e. The highest BCUT2D eigenvalue weighted by Crippen LogP contribution is 2.48. The van der Waals surface area contributed by atoms with Gasteiger partial charge in [-0.3, -0.25) is 13.9 Å². The molecule has 0 radical (unpaired) electrons. The second-order valence-corrected chi connectivity index (χ2v) is 10.2. The molecule has 2 unspecified atom stereocenters. The van der Waals surface area contributed by atoms with E-state index in [2.05, 4.69) is 0 Å². The van der Waals surface area contributed by atoms with Gasteiger partial charge in [0.15, 0.2) is 5.78 Å². The van der Waals surface area contributed by atoms with Crippen LogP contribution in [-0.2, 0) is 19.9 Å². The van der Waals surface area contributed by atoms with Crippen molar-refractivity contribution in [2.75, 3.05) is 13.2 Å². The van der Waals surface area contributed by atoms with Crippen molar-refractivity contribution < 1.29 is 19.1 Å². The van der Waals surface area contributed by atoms with Crippen LogP contribution in [0.4, 0.5) is 0 Å². The first-order chi connectivity index (χ1) is 16.5. The number of Topliss-reactive ketones (excluding diaryl/α,β-unsaturated/α-hetero) is 1. The molecule has 34 heavy (non-hydrogen) atoms. The third-order valence-electron chi connectivity index (χ3n) is 6.57. The number of carbonyl (C=O) groups is 2. The highest BCUT2D eigenvalue weighted by atomic mass is 35.5. The highest BCUT2D eigenvalue weighted by Gasteiger charge is 2.53. The molecule has 5 rings (SSSR count). The van der Waals surface area contributed by atoms with E-state index in [-0.39, 0.29) is 18.3 Å². The van der Waals surface area contributed by atoms with E-state index in [0.717, 1.165) is 24.0 Å². The summed E-state index contributed by atoms with van der Waals surface area (Å²) in [6.07, 6.45) is 1.81. The summed E-state index contributed by atoms with van der Waals surface area (Å²) in [5.74, 6) is -0.867. The number of ketones is 1. The van der Waals surface area contributed by atoms with E-state index in [0.29, 0.717) is 29.5 Å². The number of thiophene rings is 1. The topological polar surface area (TPSA) is 55.8 Å². The van der Waals surface area contributed by atoms with Crippen molar-refractivity contribution in [3.05, 3.63) is 87.1 Å². The average Bonchev–Trinajstić information content (AvgIpc) is 3.39. The Balaban J connectivity index is 1.55. The van der Waals surface area contributed by atoms with E-state index in [1.807, 2.05) is 41.1 Å². The lowest BCUT2D eigenvalue weighted by atomic mass is 9.73. The van der Waals surface area contributed by atoms with Crippen LogP contribution in [-0.4, -0.2) is 35.3 Å². The molecule has 0 aliphatic carbocycles. The molecule has 5 nitrogen and oxygen atoms in total. The van der Waals surface area contributed by atoms with Gasteiger partial charge in [0.1, 0.15) is 23.3 Å². The molecule has 2 atom stereocenters. The predicted molar refractivity (Wildman–Crippen MR) is 136 cm³/mol. The molecule has 0 bridgehead atoms. The van der Waals surface area contributed by atoms with Gasteiger partial charge in [-0.1, -0.05) is 54.7 Å². The zero-order valence-corrected chi connectivity index (χ0v) is 20.8. The summed E-state index contributed by atoms with van der Waals surface area (Å²) in [7, 11) is 0. The van der Waals surface area contributed by atoms with Crippen LogP contribution in [0.3, 0.4) is 0 Å². The lowest BCUT2D eigenvalue weighted by Crippen LogP contribution is -2.54. The molecule has 0 N–H and O–H groups in total. The number of rotatable bonds is 5. The number of amides is 1. The van der Waals surface area contributed by atoms with Crippen molar-refractivity contribution in [1.29, 1.82) is 0 Å². The minimum absolute atomic E-state index is 0.0763. The lowest BCUT2D eigenvalue weighted by Gasteiger charge is -2.46. The Morgan fingerprint density at radius 3 is 2.59 bits per heavy atom. The average molecular weight is 514 g/mol. The van der Waals surface area contributed by atoms with E-state index in [4.69, 9.17) is 33.9 Å². The molecular weight excluding hydrogens is 490 g/mol. The van der Waals surface area contributed by atoms with Crippen LogP contribution in [0.25, 0.3) is 0 Å². The fraction of sp³-hybridized carbons (Fsp3) is 0.308. The maximum Gasteiger partial charge on any atom is 0.248 e. The van der Waals surface area contributed by atoms with Crippen molar-refractivity contribution in [2.45, 2.75) is 36.8 Å². The van der Waals surface area contributed by atoms with Crippen molar-refractivity contribution in [1.82, 2.24) is 4.31 Å². The fourth-order valence-corrected chi connectivity index (χ4v) is 6.21. The van der Waals surface area contributed by atoms with Gasteiger partial charge in [0.25, 0.3) is 0 Å². The van der Waals surface area contributed by atoms with Gasteiger partial charge in [-0.25, -0.2) is 0 Å². The SMILES string of the molecule is O=C1CC(c2ccsc2)(c2cccc(OC3CCOCC3)c2)N(S)C(=O)C1c1ccccc1Cl. The molecule has 2 aliphatic rings. The van der Waals surface area contributed by atoms with Crippen molar-refractivity contribution >= 4 is 47.4 Å². The largest absolute Gasteiger partial charge is 0.490 e. The fourth-order valence-electron chi connectivity index (χ4n) is 4.82. The molecule has 1 amide bonds. The number of thiol groups is 1. The van der Waals surface area contributed by atoms with Gasteiger partial charge in [-0.15, -0.1) is 0 Å². The number of halogens is 1. The molecule has 3 heterocycles. The van der Waals surface area contributed by atoms with Crippen LogP contribution >= 0.6 is 35.8 Å². The van der Waals surface area contributed by atoms with Crippen LogP contribution in [0.2, 0.25) is 5.02 Å². The molecule has 0 spiro atoms. The minimum atomic E-state index is -1.05. The maximum absolute atomic E-state index is 13.7. The molecule has 3 aromatic rings. The molecule has 8 heteroatoms. The smallest absolute Gasteiger partial charge is 0.248 e. The first-order valence-electron chi connectivity index (χ1n) is 11.2. The number of benzene rings is 2. The highest BCUT2D eigenvalue weighted by molar-refractivity contribution is 7.78. The Hall–Kier alpha value is -2.32. The van der Waals surface area contributed by atoms with Crippen LogP contribution in [0.15, 0.2) is 65.4 Å². The van der Waals surface area contributed by atoms with Gasteiger partial charge in [-0.05, 0) is 51.7 Å². The summed E-state index contributed by atoms with van der Waals surface area (Å²) < 4.78 is 13.1. The zero-order chi connectivity index (χ0) is 23.7. The van der Waals surface area contributed by atoms with E-state index in [9.17, 15) is 9.59 Å². The summed E-state index contributed by atoms with van der Waals surface area (Å²) in [5, 5.41) is 4.30. The van der Waals surface area contributed by atoms with Crippen molar-refractivity contribution in [3.63, 3.8) is 0 Å². The van der Waals surface area contributed by atoms with Gasteiger partial charge in [0.2, 0.25) is 5.91 Å². The van der Waals surface area contributed by atoms with Gasteiger partial charge in [-0.2, -0.15) is 11.3 Å². The molecule has 0 saturated carbocycles. The number of ether oxygens (including phenoxy) is 2. The second kappa shape index (κ2) is 9.74.